The average Bonchev–Trinajstić information content (AvgIpc) is 3.67. The van der Waals surface area contributed by atoms with Crippen molar-refractivity contribution in [1.29, 1.82) is 0 Å². The van der Waals surface area contributed by atoms with Crippen molar-refractivity contribution in [2.45, 2.75) is 29.5 Å². The summed E-state index contributed by atoms with van der Waals surface area (Å²) in [6.45, 7) is 2.01. The topological polar surface area (TPSA) is 106 Å². The summed E-state index contributed by atoms with van der Waals surface area (Å²) in [6, 6.07) is 14.4. The van der Waals surface area contributed by atoms with Crippen LogP contribution >= 0.6 is 23.1 Å². The van der Waals surface area contributed by atoms with Gasteiger partial charge in [0.05, 0.1) is 41.8 Å². The highest BCUT2D eigenvalue weighted by Crippen LogP contribution is 2.69. The number of nitrogens with one attached hydrogen (secondary N) is 1. The number of H-pyrrole nitrogens is 1. The van der Waals surface area contributed by atoms with Crippen molar-refractivity contribution in [3.05, 3.63) is 74.2 Å². The molecule has 0 spiro atoms. The van der Waals surface area contributed by atoms with E-state index in [9.17, 15) is 19.2 Å². The lowest BCUT2D eigenvalue weighted by Crippen LogP contribution is -2.42. The van der Waals surface area contributed by atoms with Gasteiger partial charge in [-0.1, -0.05) is 29.5 Å². The summed E-state index contributed by atoms with van der Waals surface area (Å²) in [7, 11) is 1.65. The van der Waals surface area contributed by atoms with Crippen LogP contribution in [0.15, 0.2) is 58.4 Å². The van der Waals surface area contributed by atoms with Gasteiger partial charge in [0.15, 0.2) is 0 Å². The number of fused-ring (bicyclic) bond motifs is 9. The number of para-hydroxylation sites is 1. The van der Waals surface area contributed by atoms with E-state index in [1.54, 1.807) is 50.1 Å². The van der Waals surface area contributed by atoms with Crippen LogP contribution in [0.25, 0.3) is 0 Å². The largest absolute Gasteiger partial charge is 0.496 e. The Morgan fingerprint density at radius 3 is 2.46 bits per heavy atom. The molecule has 7 atom stereocenters. The van der Waals surface area contributed by atoms with Gasteiger partial charge in [0.1, 0.15) is 5.75 Å². The second-order valence-electron chi connectivity index (χ2n) is 10.5. The molecule has 2 saturated carbocycles. The van der Waals surface area contributed by atoms with Crippen LogP contribution in [-0.2, 0) is 14.3 Å². The van der Waals surface area contributed by atoms with Gasteiger partial charge in [0.2, 0.25) is 11.8 Å². The van der Waals surface area contributed by atoms with Gasteiger partial charge < -0.3 is 14.5 Å². The Morgan fingerprint density at radius 1 is 1.03 bits per heavy atom. The molecule has 1 aromatic heterocycles. The highest BCUT2D eigenvalue weighted by molar-refractivity contribution is 8.00. The first-order chi connectivity index (χ1) is 18.9. The standard InChI is InChI=1S/C29H26N2O6S2/c1-3-37-28(34)13-8-10-14(11-9-13)31-26(32)21-16-12-17(22(21)27(31)33)23-20(16)19(15-6-4-5-7-18(15)36-2)24-25(38-23)30-29(35)39-24/h4-11,16-17,19-23H,3,12H2,1-2H3,(H,30,35). The van der Waals surface area contributed by atoms with Gasteiger partial charge in [-0.25, -0.2) is 4.79 Å². The highest BCUT2D eigenvalue weighted by atomic mass is 32.2. The van der Waals surface area contributed by atoms with Gasteiger partial charge in [0.25, 0.3) is 0 Å². The van der Waals surface area contributed by atoms with Crippen LogP contribution in [0.1, 0.15) is 40.1 Å². The fourth-order valence-electron chi connectivity index (χ4n) is 7.50. The number of ether oxygens (including phenoxy) is 2. The van der Waals surface area contributed by atoms with E-state index in [1.165, 1.54) is 16.2 Å². The van der Waals surface area contributed by atoms with Gasteiger partial charge in [-0.2, -0.15) is 0 Å². The van der Waals surface area contributed by atoms with Crippen molar-refractivity contribution in [1.82, 2.24) is 4.98 Å². The smallest absolute Gasteiger partial charge is 0.338 e. The number of thiazole rings is 1. The molecule has 200 valence electrons. The molecule has 2 aromatic carbocycles. The van der Waals surface area contributed by atoms with Crippen LogP contribution < -0.4 is 14.5 Å². The molecular weight excluding hydrogens is 536 g/mol. The van der Waals surface area contributed by atoms with Crippen LogP contribution in [0.4, 0.5) is 5.69 Å². The van der Waals surface area contributed by atoms with Gasteiger partial charge in [-0.05, 0) is 61.4 Å². The molecule has 2 aliphatic carbocycles. The highest BCUT2D eigenvalue weighted by Gasteiger charge is 2.69. The number of rotatable bonds is 5. The number of amides is 2. The molecular formula is C29H26N2O6S2. The van der Waals surface area contributed by atoms with E-state index in [1.807, 2.05) is 24.3 Å². The monoisotopic (exact) mass is 562 g/mol. The number of aromatic amines is 1. The lowest BCUT2D eigenvalue weighted by molar-refractivity contribution is -0.123. The number of nitrogens with zero attached hydrogens (tertiary/aromatic N) is 1. The summed E-state index contributed by atoms with van der Waals surface area (Å²) in [4.78, 5) is 57.5. The van der Waals surface area contributed by atoms with Crippen LogP contribution in [0, 0.1) is 29.6 Å². The first-order valence-corrected chi connectivity index (χ1v) is 14.8. The number of aromatic nitrogens is 1. The Kier molecular flexibility index (Phi) is 5.75. The summed E-state index contributed by atoms with van der Waals surface area (Å²) in [6.07, 6.45) is 0.815. The molecule has 1 saturated heterocycles. The predicted octanol–water partition coefficient (Wildman–Crippen LogP) is 4.30. The van der Waals surface area contributed by atoms with Crippen LogP contribution in [0.2, 0.25) is 0 Å². The number of thioether (sulfide) groups is 1. The van der Waals surface area contributed by atoms with E-state index in [0.717, 1.165) is 27.6 Å². The summed E-state index contributed by atoms with van der Waals surface area (Å²) in [5.74, 6) is -0.752. The van der Waals surface area contributed by atoms with Crippen LogP contribution in [0.5, 0.6) is 5.75 Å². The Labute approximate surface area is 232 Å². The maximum absolute atomic E-state index is 13.9. The zero-order valence-electron chi connectivity index (χ0n) is 21.3. The van der Waals surface area contributed by atoms with Gasteiger partial charge in [0, 0.05) is 21.6 Å². The molecule has 1 N–H and O–H groups in total. The zero-order chi connectivity index (χ0) is 27.0. The number of methoxy groups -OCH3 is 1. The first kappa shape index (κ1) is 24.7. The molecule has 4 aliphatic rings. The number of imide groups is 1. The SMILES string of the molecule is CCOC(=O)c1ccc(N2C(=O)C3C4CC(C3C2=O)C2C(c3ccccc3OC)c3sc(=O)[nH]c3SC42)cc1. The molecule has 8 nitrogen and oxygen atoms in total. The number of carbonyl (C=O) groups is 3. The third-order valence-electron chi connectivity index (χ3n) is 8.83. The quantitative estimate of drug-likeness (QED) is 0.365. The minimum absolute atomic E-state index is 0.0121. The summed E-state index contributed by atoms with van der Waals surface area (Å²) in [5.41, 5.74) is 1.87. The average molecular weight is 563 g/mol. The summed E-state index contributed by atoms with van der Waals surface area (Å²) < 4.78 is 10.8. The summed E-state index contributed by atoms with van der Waals surface area (Å²) >= 11 is 2.90. The lowest BCUT2D eigenvalue weighted by Gasteiger charge is -2.43. The summed E-state index contributed by atoms with van der Waals surface area (Å²) in [5, 5.41) is 0.973. The first-order valence-electron chi connectivity index (χ1n) is 13.1. The van der Waals surface area contributed by atoms with Gasteiger partial charge in [-0.15, -0.1) is 11.8 Å². The molecule has 10 heteroatoms. The number of benzene rings is 2. The molecule has 3 heterocycles. The minimum Gasteiger partial charge on any atom is -0.496 e. The van der Waals surface area contributed by atoms with Crippen molar-refractivity contribution < 1.29 is 23.9 Å². The van der Waals surface area contributed by atoms with Crippen molar-refractivity contribution in [3.63, 3.8) is 0 Å². The molecule has 0 radical (unpaired) electrons. The fourth-order valence-corrected chi connectivity index (χ4v) is 10.4. The number of esters is 1. The van der Waals surface area contributed by atoms with Crippen molar-refractivity contribution >= 4 is 46.6 Å². The second kappa shape index (κ2) is 9.09. The molecule has 3 fully saturated rings. The fraction of sp³-hybridized carbons (Fsp3) is 0.379. The van der Waals surface area contributed by atoms with Gasteiger partial charge >= 0.3 is 10.8 Å². The van der Waals surface area contributed by atoms with E-state index < -0.39 is 11.9 Å². The maximum Gasteiger partial charge on any atom is 0.338 e. The van der Waals surface area contributed by atoms with Crippen LogP contribution in [-0.4, -0.2) is 41.7 Å². The zero-order valence-corrected chi connectivity index (χ0v) is 22.9. The molecule has 3 aromatic rings. The molecule has 2 aliphatic heterocycles. The van der Waals surface area contributed by atoms with E-state index in [4.69, 9.17) is 9.47 Å². The molecule has 7 rings (SSSR count). The molecule has 39 heavy (non-hydrogen) atoms. The van der Waals surface area contributed by atoms with Crippen LogP contribution in [0.3, 0.4) is 0 Å². The lowest BCUT2D eigenvalue weighted by atomic mass is 9.68. The van der Waals surface area contributed by atoms with E-state index in [-0.39, 0.29) is 58.1 Å². The van der Waals surface area contributed by atoms with Crippen molar-refractivity contribution in [2.75, 3.05) is 18.6 Å². The van der Waals surface area contributed by atoms with E-state index in [0.29, 0.717) is 11.3 Å². The normalized spacial score (nSPS) is 30.2. The van der Waals surface area contributed by atoms with Gasteiger partial charge in [-0.3, -0.25) is 19.3 Å². The third-order valence-corrected chi connectivity index (χ3v) is 11.4. The number of hydrogen-bond donors (Lipinski definition) is 1. The minimum atomic E-state index is -0.438. The Balaban J connectivity index is 1.27. The third kappa shape index (κ3) is 3.50. The maximum atomic E-state index is 13.9. The van der Waals surface area contributed by atoms with E-state index in [2.05, 4.69) is 4.98 Å². The Morgan fingerprint density at radius 2 is 1.74 bits per heavy atom. The second-order valence-corrected chi connectivity index (χ2v) is 12.7. The molecule has 2 bridgehead atoms. The molecule has 7 unspecified atom stereocenters. The predicted molar refractivity (Wildman–Crippen MR) is 146 cm³/mol. The Hall–Kier alpha value is -3.37. The van der Waals surface area contributed by atoms with Crippen molar-refractivity contribution in [3.8, 4) is 5.75 Å². The Bertz CT molecular complexity index is 1560. The number of hydrogen-bond acceptors (Lipinski definition) is 8. The number of carbonyl (C=O) groups excluding carboxylic acids is 3. The van der Waals surface area contributed by atoms with Crippen molar-refractivity contribution in [2.24, 2.45) is 29.6 Å². The number of anilines is 1. The molecule has 2 amide bonds. The van der Waals surface area contributed by atoms with E-state index >= 15 is 0 Å².